The Morgan fingerprint density at radius 3 is 2.82 bits per heavy atom. The number of carbonyl (C=O) groups excluding carboxylic acids is 2. The van der Waals surface area contributed by atoms with Gasteiger partial charge in [-0.1, -0.05) is 13.0 Å². The SMILES string of the molecule is Cc1cc2c(c(C)c1COC=O)C(=O)C(C)C2. The molecule has 90 valence electrons. The van der Waals surface area contributed by atoms with E-state index in [2.05, 4.69) is 0 Å². The molecule has 1 aromatic carbocycles. The summed E-state index contributed by atoms with van der Waals surface area (Å²) in [7, 11) is 0. The van der Waals surface area contributed by atoms with E-state index in [1.54, 1.807) is 0 Å². The molecule has 3 heteroatoms. The normalized spacial score (nSPS) is 18.1. The Labute approximate surface area is 101 Å². The van der Waals surface area contributed by atoms with Gasteiger partial charge in [0, 0.05) is 11.5 Å². The van der Waals surface area contributed by atoms with Crippen LogP contribution in [0.5, 0.6) is 0 Å². The molecule has 0 aliphatic heterocycles. The maximum absolute atomic E-state index is 12.0. The van der Waals surface area contributed by atoms with Gasteiger partial charge in [0.05, 0.1) is 0 Å². The lowest BCUT2D eigenvalue weighted by molar-refractivity contribution is -0.129. The molecule has 1 unspecified atom stereocenters. The van der Waals surface area contributed by atoms with Crippen LogP contribution in [0.15, 0.2) is 6.07 Å². The standard InChI is InChI=1S/C14H16O3/c1-8-4-11-5-9(2)14(16)13(11)10(3)12(8)6-17-7-15/h4,7,9H,5-6H2,1-3H3. The Morgan fingerprint density at radius 1 is 1.47 bits per heavy atom. The van der Waals surface area contributed by atoms with Gasteiger partial charge in [0.1, 0.15) is 6.61 Å². The summed E-state index contributed by atoms with van der Waals surface area (Å²) < 4.78 is 4.81. The number of ketones is 1. The summed E-state index contributed by atoms with van der Waals surface area (Å²) in [5, 5.41) is 0. The molecule has 2 rings (SSSR count). The highest BCUT2D eigenvalue weighted by atomic mass is 16.5. The second-order valence-electron chi connectivity index (χ2n) is 4.71. The summed E-state index contributed by atoms with van der Waals surface area (Å²) in [4.78, 5) is 22.3. The molecule has 0 aromatic heterocycles. The molecule has 0 saturated heterocycles. The van der Waals surface area contributed by atoms with E-state index in [1.807, 2.05) is 26.8 Å². The number of ether oxygens (including phenoxy) is 1. The van der Waals surface area contributed by atoms with Crippen LogP contribution in [-0.4, -0.2) is 12.3 Å². The average Bonchev–Trinajstić information content (AvgIpc) is 2.54. The van der Waals surface area contributed by atoms with E-state index >= 15 is 0 Å². The van der Waals surface area contributed by atoms with Gasteiger partial charge in [0.2, 0.25) is 0 Å². The van der Waals surface area contributed by atoms with Gasteiger partial charge in [-0.25, -0.2) is 0 Å². The fraction of sp³-hybridized carbons (Fsp3) is 0.429. The number of fused-ring (bicyclic) bond motifs is 1. The first kappa shape index (κ1) is 11.8. The van der Waals surface area contributed by atoms with Crippen LogP contribution in [0.4, 0.5) is 0 Å². The second kappa shape index (κ2) is 4.32. The molecule has 0 N–H and O–H groups in total. The largest absolute Gasteiger partial charge is 0.463 e. The maximum Gasteiger partial charge on any atom is 0.293 e. The first-order valence-electron chi connectivity index (χ1n) is 5.77. The van der Waals surface area contributed by atoms with Crippen LogP contribution < -0.4 is 0 Å². The summed E-state index contributed by atoms with van der Waals surface area (Å²) in [6.45, 7) is 6.57. The van der Waals surface area contributed by atoms with Crippen molar-refractivity contribution >= 4 is 12.3 Å². The zero-order valence-corrected chi connectivity index (χ0v) is 10.4. The molecule has 1 aliphatic rings. The Morgan fingerprint density at radius 2 is 2.18 bits per heavy atom. The molecule has 0 radical (unpaired) electrons. The molecule has 0 fully saturated rings. The van der Waals surface area contributed by atoms with Gasteiger partial charge >= 0.3 is 0 Å². The molecule has 1 aromatic rings. The number of rotatable bonds is 3. The minimum atomic E-state index is 0.0744. The van der Waals surface area contributed by atoms with Crippen LogP contribution in [0.25, 0.3) is 0 Å². The molecular weight excluding hydrogens is 216 g/mol. The van der Waals surface area contributed by atoms with Crippen molar-refractivity contribution in [2.24, 2.45) is 5.92 Å². The Kier molecular flexibility index (Phi) is 3.01. The number of benzene rings is 1. The maximum atomic E-state index is 12.0. The lowest BCUT2D eigenvalue weighted by Gasteiger charge is -2.13. The van der Waals surface area contributed by atoms with Crippen molar-refractivity contribution in [2.45, 2.75) is 33.8 Å². The third-order valence-corrected chi connectivity index (χ3v) is 3.53. The van der Waals surface area contributed by atoms with Crippen molar-refractivity contribution in [3.8, 4) is 0 Å². The Hall–Kier alpha value is -1.64. The van der Waals surface area contributed by atoms with Crippen molar-refractivity contribution in [3.63, 3.8) is 0 Å². The summed E-state index contributed by atoms with van der Waals surface area (Å²) in [6, 6.07) is 2.05. The van der Waals surface area contributed by atoms with Crippen LogP contribution in [0.1, 0.15) is 39.5 Å². The lowest BCUT2D eigenvalue weighted by Crippen LogP contribution is -2.07. The number of aryl methyl sites for hydroxylation is 1. The molecular formula is C14H16O3. The van der Waals surface area contributed by atoms with Crippen molar-refractivity contribution in [3.05, 3.63) is 33.9 Å². The summed E-state index contributed by atoms with van der Waals surface area (Å²) >= 11 is 0. The molecule has 3 nitrogen and oxygen atoms in total. The highest BCUT2D eigenvalue weighted by Gasteiger charge is 2.30. The van der Waals surface area contributed by atoms with E-state index in [9.17, 15) is 9.59 Å². The van der Waals surface area contributed by atoms with Gasteiger partial charge in [-0.2, -0.15) is 0 Å². The van der Waals surface area contributed by atoms with E-state index < -0.39 is 0 Å². The van der Waals surface area contributed by atoms with E-state index in [0.29, 0.717) is 6.47 Å². The van der Waals surface area contributed by atoms with Crippen molar-refractivity contribution in [1.29, 1.82) is 0 Å². The second-order valence-corrected chi connectivity index (χ2v) is 4.71. The molecule has 17 heavy (non-hydrogen) atoms. The third-order valence-electron chi connectivity index (χ3n) is 3.53. The number of Topliss-reactive ketones (excluding diaryl/α,β-unsaturated/α-hetero) is 1. The van der Waals surface area contributed by atoms with E-state index in [0.717, 1.165) is 34.2 Å². The average molecular weight is 232 g/mol. The monoisotopic (exact) mass is 232 g/mol. The zero-order valence-electron chi connectivity index (χ0n) is 10.4. The Balaban J connectivity index is 2.51. The zero-order chi connectivity index (χ0) is 12.6. The lowest BCUT2D eigenvalue weighted by atomic mass is 9.94. The molecule has 0 amide bonds. The predicted octanol–water partition coefficient (Wildman–Crippen LogP) is 2.35. The van der Waals surface area contributed by atoms with Gasteiger partial charge in [0.15, 0.2) is 5.78 Å². The number of hydrogen-bond acceptors (Lipinski definition) is 3. The predicted molar refractivity (Wildman–Crippen MR) is 64.0 cm³/mol. The summed E-state index contributed by atoms with van der Waals surface area (Å²) in [5.74, 6) is 0.287. The van der Waals surface area contributed by atoms with Gasteiger partial charge in [0.25, 0.3) is 6.47 Å². The van der Waals surface area contributed by atoms with Crippen LogP contribution in [0.2, 0.25) is 0 Å². The molecule has 0 saturated carbocycles. The van der Waals surface area contributed by atoms with Gasteiger partial charge in [-0.05, 0) is 42.5 Å². The number of hydrogen-bond donors (Lipinski definition) is 0. The van der Waals surface area contributed by atoms with Gasteiger partial charge in [-0.3, -0.25) is 9.59 Å². The van der Waals surface area contributed by atoms with E-state index in [-0.39, 0.29) is 18.3 Å². The van der Waals surface area contributed by atoms with Crippen molar-refractivity contribution < 1.29 is 14.3 Å². The molecule has 0 bridgehead atoms. The molecule has 1 atom stereocenters. The van der Waals surface area contributed by atoms with Crippen LogP contribution in [-0.2, 0) is 22.6 Å². The van der Waals surface area contributed by atoms with Crippen molar-refractivity contribution in [1.82, 2.24) is 0 Å². The highest BCUT2D eigenvalue weighted by molar-refractivity contribution is 6.03. The topological polar surface area (TPSA) is 43.4 Å². The van der Waals surface area contributed by atoms with Gasteiger partial charge < -0.3 is 4.74 Å². The van der Waals surface area contributed by atoms with Crippen LogP contribution in [0, 0.1) is 19.8 Å². The fourth-order valence-electron chi connectivity index (χ4n) is 2.62. The summed E-state index contributed by atoms with van der Waals surface area (Å²) in [6.07, 6.45) is 0.824. The summed E-state index contributed by atoms with van der Waals surface area (Å²) in [5.41, 5.74) is 4.99. The molecule has 1 aliphatic carbocycles. The number of carbonyl (C=O) groups is 2. The quantitative estimate of drug-likeness (QED) is 0.751. The first-order chi connectivity index (χ1) is 8.06. The van der Waals surface area contributed by atoms with E-state index in [4.69, 9.17) is 4.74 Å². The fourth-order valence-corrected chi connectivity index (χ4v) is 2.62. The van der Waals surface area contributed by atoms with Crippen molar-refractivity contribution in [2.75, 3.05) is 0 Å². The smallest absolute Gasteiger partial charge is 0.293 e. The van der Waals surface area contributed by atoms with Crippen LogP contribution >= 0.6 is 0 Å². The van der Waals surface area contributed by atoms with Gasteiger partial charge in [-0.15, -0.1) is 0 Å². The van der Waals surface area contributed by atoms with Crippen LogP contribution in [0.3, 0.4) is 0 Å². The Bertz CT molecular complexity index is 489. The van der Waals surface area contributed by atoms with E-state index in [1.165, 1.54) is 0 Å². The minimum absolute atomic E-state index is 0.0744. The molecule has 0 heterocycles. The first-order valence-corrected chi connectivity index (χ1v) is 5.77. The highest BCUT2D eigenvalue weighted by Crippen LogP contribution is 2.32. The third kappa shape index (κ3) is 1.86. The minimum Gasteiger partial charge on any atom is -0.463 e. The molecule has 0 spiro atoms.